The van der Waals surface area contributed by atoms with Crippen LogP contribution in [0.15, 0.2) is 186 Å². The summed E-state index contributed by atoms with van der Waals surface area (Å²) < 4.78 is 9.21. The molecule has 0 saturated heterocycles. The van der Waals surface area contributed by atoms with Gasteiger partial charge in [0.2, 0.25) is 0 Å². The topological polar surface area (TPSA) is 21.3 Å². The van der Waals surface area contributed by atoms with Gasteiger partial charge in [0.15, 0.2) is 11.2 Å². The van der Waals surface area contributed by atoms with Gasteiger partial charge in [0, 0.05) is 33.6 Å². The third-order valence-corrected chi connectivity index (χ3v) is 9.75. The summed E-state index contributed by atoms with van der Waals surface area (Å²) in [7, 11) is 0. The molecule has 49 heavy (non-hydrogen) atoms. The van der Waals surface area contributed by atoms with Crippen molar-refractivity contribution in [1.82, 2.24) is 4.57 Å². The Morgan fingerprint density at radius 3 is 1.78 bits per heavy atom. The fourth-order valence-electron chi connectivity index (χ4n) is 7.55. The second kappa shape index (κ2) is 11.0. The number of hydrogen-bond acceptors (Lipinski definition) is 2. The maximum Gasteiger partial charge on any atom is 0.154 e. The molecule has 2 heterocycles. The van der Waals surface area contributed by atoms with Gasteiger partial charge in [-0.15, -0.1) is 0 Å². The van der Waals surface area contributed by atoms with E-state index in [-0.39, 0.29) is 0 Å². The molecule has 0 spiro atoms. The van der Waals surface area contributed by atoms with E-state index in [4.69, 9.17) is 4.42 Å². The van der Waals surface area contributed by atoms with E-state index in [2.05, 4.69) is 185 Å². The number of anilines is 3. The van der Waals surface area contributed by atoms with E-state index in [1.807, 2.05) is 6.07 Å². The molecule has 230 valence electrons. The van der Waals surface area contributed by atoms with Crippen molar-refractivity contribution in [3.8, 4) is 27.9 Å². The van der Waals surface area contributed by atoms with Gasteiger partial charge < -0.3 is 13.9 Å². The molecule has 0 aliphatic carbocycles. The van der Waals surface area contributed by atoms with Gasteiger partial charge in [-0.3, -0.25) is 0 Å². The van der Waals surface area contributed by atoms with Gasteiger partial charge in [0.1, 0.15) is 0 Å². The van der Waals surface area contributed by atoms with Crippen LogP contribution in [0.2, 0.25) is 0 Å². The Balaban J connectivity index is 1.30. The number of fused-ring (bicyclic) bond motifs is 5. The van der Waals surface area contributed by atoms with Crippen molar-refractivity contribution in [1.29, 1.82) is 0 Å². The largest absolute Gasteiger partial charge is 0.453 e. The third-order valence-electron chi connectivity index (χ3n) is 9.75. The molecule has 0 atom stereocenters. The van der Waals surface area contributed by atoms with Crippen LogP contribution in [0.4, 0.5) is 17.1 Å². The van der Waals surface area contributed by atoms with Gasteiger partial charge in [0.25, 0.3) is 0 Å². The molecule has 0 fully saturated rings. The zero-order valence-electron chi connectivity index (χ0n) is 26.6. The Morgan fingerprint density at radius 2 is 0.980 bits per heavy atom. The normalized spacial score (nSPS) is 11.7. The molecule has 8 aromatic carbocycles. The number of nitrogens with zero attached hydrogens (tertiary/aromatic N) is 2. The standard InChI is InChI=1S/C46H30N2O/c1-3-13-31(14-4-1)33-25-27-35(28-26-33)47(36-18-11-17-34(29-36)32-15-5-2-6-16-32)42-30-44-46-45-38(20-12-21-39(42)45)37-19-7-8-22-40(37)48(46)41-23-9-10-24-43(41)49-44/h1-30H. The lowest BCUT2D eigenvalue weighted by Gasteiger charge is -2.30. The highest BCUT2D eigenvalue weighted by atomic mass is 16.3. The van der Waals surface area contributed by atoms with Crippen LogP contribution in [0.25, 0.3) is 71.7 Å². The minimum atomic E-state index is 0.841. The summed E-state index contributed by atoms with van der Waals surface area (Å²) >= 11 is 0. The van der Waals surface area contributed by atoms with E-state index < -0.39 is 0 Å². The average Bonchev–Trinajstić information content (AvgIpc) is 3.18. The summed E-state index contributed by atoms with van der Waals surface area (Å²) in [5.74, 6) is 0. The van der Waals surface area contributed by atoms with Gasteiger partial charge in [0.05, 0.1) is 22.4 Å². The first-order valence-corrected chi connectivity index (χ1v) is 16.7. The summed E-state index contributed by atoms with van der Waals surface area (Å²) in [5.41, 5.74) is 12.9. The highest BCUT2D eigenvalue weighted by Crippen LogP contribution is 2.48. The second-order valence-corrected chi connectivity index (χ2v) is 12.6. The molecule has 8 aromatic rings. The van der Waals surface area contributed by atoms with Crippen LogP contribution in [-0.4, -0.2) is 4.57 Å². The molecule has 2 aliphatic heterocycles. The molecule has 3 nitrogen and oxygen atoms in total. The maximum absolute atomic E-state index is 6.82. The fraction of sp³-hybridized carbons (Fsp3) is 0. The monoisotopic (exact) mass is 626 g/mol. The smallest absolute Gasteiger partial charge is 0.154 e. The lowest BCUT2D eigenvalue weighted by Crippen LogP contribution is -2.12. The molecular formula is C46H30N2O. The quantitative estimate of drug-likeness (QED) is 0.140. The second-order valence-electron chi connectivity index (χ2n) is 12.6. The first-order chi connectivity index (χ1) is 24.3. The van der Waals surface area contributed by atoms with Crippen molar-refractivity contribution in [2.75, 3.05) is 4.90 Å². The van der Waals surface area contributed by atoms with Crippen LogP contribution >= 0.6 is 0 Å². The first kappa shape index (κ1) is 27.5. The minimum absolute atomic E-state index is 0.841. The molecule has 0 N–H and O–H groups in total. The van der Waals surface area contributed by atoms with Gasteiger partial charge in [-0.05, 0) is 70.1 Å². The minimum Gasteiger partial charge on any atom is -0.453 e. The Kier molecular flexibility index (Phi) is 6.18. The highest BCUT2D eigenvalue weighted by molar-refractivity contribution is 6.23. The molecular weight excluding hydrogens is 597 g/mol. The number of hydrogen-bond donors (Lipinski definition) is 0. The van der Waals surface area contributed by atoms with Gasteiger partial charge in [-0.25, -0.2) is 0 Å². The van der Waals surface area contributed by atoms with Crippen LogP contribution in [0, 0.1) is 0 Å². The van der Waals surface area contributed by atoms with E-state index >= 15 is 0 Å². The first-order valence-electron chi connectivity index (χ1n) is 16.7. The Labute approximate surface area is 283 Å². The lowest BCUT2D eigenvalue weighted by atomic mass is 9.95. The predicted octanol–water partition coefficient (Wildman–Crippen LogP) is 12.9. The molecule has 10 rings (SSSR count). The van der Waals surface area contributed by atoms with E-state index in [0.717, 1.165) is 50.3 Å². The van der Waals surface area contributed by atoms with Gasteiger partial charge in [-0.1, -0.05) is 133 Å². The van der Waals surface area contributed by atoms with E-state index in [9.17, 15) is 0 Å². The van der Waals surface area contributed by atoms with Crippen LogP contribution in [0.5, 0.6) is 0 Å². The fourth-order valence-corrected chi connectivity index (χ4v) is 7.55. The molecule has 0 aromatic heterocycles. The molecule has 0 saturated carbocycles. The average molecular weight is 627 g/mol. The molecule has 0 amide bonds. The van der Waals surface area contributed by atoms with Crippen molar-refractivity contribution in [2.24, 2.45) is 0 Å². The molecule has 3 heteroatoms. The molecule has 2 aliphatic rings. The van der Waals surface area contributed by atoms with Crippen molar-refractivity contribution < 1.29 is 4.42 Å². The number of benzene rings is 8. The number of pyridine rings is 1. The van der Waals surface area contributed by atoms with Crippen LogP contribution in [-0.2, 0) is 0 Å². The van der Waals surface area contributed by atoms with E-state index in [0.29, 0.717) is 0 Å². The van der Waals surface area contributed by atoms with Crippen molar-refractivity contribution >= 4 is 60.8 Å². The summed E-state index contributed by atoms with van der Waals surface area (Å²) in [6, 6.07) is 64.9. The number of rotatable bonds is 5. The molecule has 0 radical (unpaired) electrons. The zero-order chi connectivity index (χ0) is 32.3. The predicted molar refractivity (Wildman–Crippen MR) is 205 cm³/mol. The molecule has 0 unspecified atom stereocenters. The van der Waals surface area contributed by atoms with Crippen molar-refractivity contribution in [3.05, 3.63) is 182 Å². The van der Waals surface area contributed by atoms with Gasteiger partial charge >= 0.3 is 0 Å². The Hall–Kier alpha value is -6.58. The van der Waals surface area contributed by atoms with E-state index in [1.165, 1.54) is 38.4 Å². The summed E-state index contributed by atoms with van der Waals surface area (Å²) in [6.07, 6.45) is 0. The van der Waals surface area contributed by atoms with Crippen LogP contribution in [0.1, 0.15) is 0 Å². The summed E-state index contributed by atoms with van der Waals surface area (Å²) in [4.78, 5) is 2.38. The lowest BCUT2D eigenvalue weighted by molar-refractivity contribution is 0.648. The molecule has 0 bridgehead atoms. The van der Waals surface area contributed by atoms with E-state index in [1.54, 1.807) is 0 Å². The SMILES string of the molecule is c1ccc(-c2ccc(N(c3cccc(-c4ccccc4)c3)c3cc4oc5ccccc5n5c6ccccc6c6cccc3c6c4-5)cc2)cc1. The van der Waals surface area contributed by atoms with Crippen molar-refractivity contribution in [2.45, 2.75) is 0 Å². The zero-order valence-corrected chi connectivity index (χ0v) is 26.6. The number of para-hydroxylation sites is 3. The van der Waals surface area contributed by atoms with Crippen LogP contribution < -0.4 is 4.90 Å². The maximum atomic E-state index is 6.82. The van der Waals surface area contributed by atoms with Crippen molar-refractivity contribution in [3.63, 3.8) is 0 Å². The third kappa shape index (κ3) is 4.37. The number of aromatic nitrogens is 1. The van der Waals surface area contributed by atoms with Crippen LogP contribution in [0.3, 0.4) is 0 Å². The van der Waals surface area contributed by atoms with Gasteiger partial charge in [-0.2, -0.15) is 0 Å². The summed E-state index contributed by atoms with van der Waals surface area (Å²) in [6.45, 7) is 0. The summed E-state index contributed by atoms with van der Waals surface area (Å²) in [5, 5.41) is 4.78. The Morgan fingerprint density at radius 1 is 0.388 bits per heavy atom. The Bertz CT molecular complexity index is 2760. The highest BCUT2D eigenvalue weighted by Gasteiger charge is 2.26.